The van der Waals surface area contributed by atoms with Crippen molar-refractivity contribution >= 4 is 5.91 Å². The molecule has 0 unspecified atom stereocenters. The maximum absolute atomic E-state index is 11.4. The summed E-state index contributed by atoms with van der Waals surface area (Å²) in [5.74, 6) is -0.0403. The lowest BCUT2D eigenvalue weighted by molar-refractivity contribution is -0.117. The molecule has 0 saturated carbocycles. The summed E-state index contributed by atoms with van der Waals surface area (Å²) in [6.07, 6.45) is 4.69. The van der Waals surface area contributed by atoms with Gasteiger partial charge in [-0.05, 0) is 20.3 Å². The molecule has 0 fully saturated rings. The number of rotatable bonds is 6. The molecule has 0 aromatic heterocycles. The smallest absolute Gasteiger partial charge is 0.248 e. The van der Waals surface area contributed by atoms with E-state index in [0.29, 0.717) is 11.3 Å². The summed E-state index contributed by atoms with van der Waals surface area (Å²) in [5, 5.41) is 2.85. The molecular formula is C11H22N2O. The van der Waals surface area contributed by atoms with E-state index in [9.17, 15) is 4.79 Å². The van der Waals surface area contributed by atoms with E-state index in [1.165, 1.54) is 19.3 Å². The summed E-state index contributed by atoms with van der Waals surface area (Å²) in [5.41, 5.74) is 6.73. The SMILES string of the molecule is CCCCCCNC(=O)/C(C)=C(/C)N. The maximum Gasteiger partial charge on any atom is 0.248 e. The van der Waals surface area contributed by atoms with Crippen molar-refractivity contribution in [3.05, 3.63) is 11.3 Å². The van der Waals surface area contributed by atoms with Crippen LogP contribution in [0.5, 0.6) is 0 Å². The normalized spacial score (nSPS) is 12.2. The van der Waals surface area contributed by atoms with Gasteiger partial charge in [-0.3, -0.25) is 4.79 Å². The first-order valence-electron chi connectivity index (χ1n) is 5.30. The van der Waals surface area contributed by atoms with Gasteiger partial charge in [0.05, 0.1) is 0 Å². The minimum Gasteiger partial charge on any atom is -0.402 e. The lowest BCUT2D eigenvalue weighted by atomic mass is 10.2. The van der Waals surface area contributed by atoms with Crippen molar-refractivity contribution in [1.82, 2.24) is 5.32 Å². The van der Waals surface area contributed by atoms with E-state index in [1.54, 1.807) is 13.8 Å². The number of amides is 1. The molecule has 0 aromatic rings. The van der Waals surface area contributed by atoms with Gasteiger partial charge in [-0.1, -0.05) is 26.2 Å². The van der Waals surface area contributed by atoms with Crippen LogP contribution in [0.1, 0.15) is 46.5 Å². The predicted octanol–water partition coefficient (Wildman–Crippen LogP) is 1.94. The van der Waals surface area contributed by atoms with Crippen LogP contribution < -0.4 is 11.1 Å². The average molecular weight is 198 g/mol. The number of hydrogen-bond donors (Lipinski definition) is 2. The quantitative estimate of drug-likeness (QED) is 0.506. The molecule has 0 aliphatic heterocycles. The number of allylic oxidation sites excluding steroid dienone is 1. The van der Waals surface area contributed by atoms with E-state index in [-0.39, 0.29) is 5.91 Å². The van der Waals surface area contributed by atoms with Crippen LogP contribution in [0.25, 0.3) is 0 Å². The Bertz CT molecular complexity index is 205. The van der Waals surface area contributed by atoms with E-state index in [2.05, 4.69) is 12.2 Å². The number of nitrogens with two attached hydrogens (primary N) is 1. The molecule has 3 nitrogen and oxygen atoms in total. The van der Waals surface area contributed by atoms with Gasteiger partial charge in [-0.2, -0.15) is 0 Å². The Kier molecular flexibility index (Phi) is 6.89. The van der Waals surface area contributed by atoms with E-state index in [1.807, 2.05) is 0 Å². The van der Waals surface area contributed by atoms with Crippen molar-refractivity contribution in [3.8, 4) is 0 Å². The van der Waals surface area contributed by atoms with Gasteiger partial charge in [0.15, 0.2) is 0 Å². The zero-order valence-electron chi connectivity index (χ0n) is 9.52. The molecule has 0 saturated heterocycles. The third kappa shape index (κ3) is 5.62. The molecule has 0 aliphatic carbocycles. The molecule has 14 heavy (non-hydrogen) atoms. The summed E-state index contributed by atoms with van der Waals surface area (Å²) in [6, 6.07) is 0. The highest BCUT2D eigenvalue weighted by Gasteiger charge is 2.04. The monoisotopic (exact) mass is 198 g/mol. The lowest BCUT2D eigenvalue weighted by Gasteiger charge is -2.06. The fraction of sp³-hybridized carbons (Fsp3) is 0.727. The van der Waals surface area contributed by atoms with Gasteiger partial charge >= 0.3 is 0 Å². The molecule has 3 heteroatoms. The zero-order valence-corrected chi connectivity index (χ0v) is 9.52. The Hall–Kier alpha value is -0.990. The molecule has 1 amide bonds. The molecular weight excluding hydrogens is 176 g/mol. The first kappa shape index (κ1) is 13.0. The lowest BCUT2D eigenvalue weighted by Crippen LogP contribution is -2.26. The number of hydrogen-bond acceptors (Lipinski definition) is 2. The highest BCUT2D eigenvalue weighted by molar-refractivity contribution is 5.93. The summed E-state index contributed by atoms with van der Waals surface area (Å²) in [6.45, 7) is 6.41. The minimum absolute atomic E-state index is 0.0403. The third-order valence-corrected chi connectivity index (χ3v) is 2.25. The van der Waals surface area contributed by atoms with Crippen molar-refractivity contribution < 1.29 is 4.79 Å². The van der Waals surface area contributed by atoms with Crippen molar-refractivity contribution in [3.63, 3.8) is 0 Å². The van der Waals surface area contributed by atoms with Gasteiger partial charge in [0.1, 0.15) is 0 Å². The van der Waals surface area contributed by atoms with Crippen LogP contribution >= 0.6 is 0 Å². The van der Waals surface area contributed by atoms with Crippen LogP contribution in [0, 0.1) is 0 Å². The Morgan fingerprint density at radius 2 is 1.86 bits per heavy atom. The van der Waals surface area contributed by atoms with Gasteiger partial charge in [-0.25, -0.2) is 0 Å². The number of carbonyl (C=O) groups is 1. The Morgan fingerprint density at radius 3 is 2.36 bits per heavy atom. The second-order valence-electron chi connectivity index (χ2n) is 3.62. The van der Waals surface area contributed by atoms with Crippen LogP contribution in [-0.2, 0) is 4.79 Å². The van der Waals surface area contributed by atoms with E-state index in [4.69, 9.17) is 5.73 Å². The van der Waals surface area contributed by atoms with Crippen molar-refractivity contribution in [2.24, 2.45) is 5.73 Å². The van der Waals surface area contributed by atoms with Crippen LogP contribution in [0.4, 0.5) is 0 Å². The van der Waals surface area contributed by atoms with E-state index >= 15 is 0 Å². The number of unbranched alkanes of at least 4 members (excludes halogenated alkanes) is 3. The Labute approximate surface area is 86.8 Å². The standard InChI is InChI=1S/C11H22N2O/c1-4-5-6-7-8-13-11(14)9(2)10(3)12/h4-8,12H2,1-3H3,(H,13,14)/b10-9-. The molecule has 0 spiro atoms. The van der Waals surface area contributed by atoms with Gasteiger partial charge < -0.3 is 11.1 Å². The van der Waals surface area contributed by atoms with Crippen LogP contribution in [0.2, 0.25) is 0 Å². The molecule has 0 bridgehead atoms. The second kappa shape index (κ2) is 7.42. The van der Waals surface area contributed by atoms with Crippen molar-refractivity contribution in [1.29, 1.82) is 0 Å². The largest absolute Gasteiger partial charge is 0.402 e. The molecule has 0 aliphatic rings. The minimum atomic E-state index is -0.0403. The average Bonchev–Trinajstić information content (AvgIpc) is 2.16. The Balaban J connectivity index is 3.60. The molecule has 0 radical (unpaired) electrons. The summed E-state index contributed by atoms with van der Waals surface area (Å²) in [7, 11) is 0. The van der Waals surface area contributed by atoms with Crippen LogP contribution in [0.3, 0.4) is 0 Å². The second-order valence-corrected chi connectivity index (χ2v) is 3.62. The molecule has 0 heterocycles. The van der Waals surface area contributed by atoms with Gasteiger partial charge in [0, 0.05) is 17.8 Å². The maximum atomic E-state index is 11.4. The Morgan fingerprint density at radius 1 is 1.21 bits per heavy atom. The first-order chi connectivity index (χ1) is 6.59. The molecule has 82 valence electrons. The van der Waals surface area contributed by atoms with Gasteiger partial charge in [-0.15, -0.1) is 0 Å². The summed E-state index contributed by atoms with van der Waals surface area (Å²) < 4.78 is 0. The van der Waals surface area contributed by atoms with Crippen molar-refractivity contribution in [2.45, 2.75) is 46.5 Å². The summed E-state index contributed by atoms with van der Waals surface area (Å²) in [4.78, 5) is 11.4. The van der Waals surface area contributed by atoms with E-state index in [0.717, 1.165) is 13.0 Å². The molecule has 0 atom stereocenters. The highest BCUT2D eigenvalue weighted by Crippen LogP contribution is 1.99. The molecule has 3 N–H and O–H groups in total. The summed E-state index contributed by atoms with van der Waals surface area (Å²) >= 11 is 0. The van der Waals surface area contributed by atoms with Gasteiger partial charge in [0.2, 0.25) is 5.91 Å². The first-order valence-corrected chi connectivity index (χ1v) is 5.30. The number of nitrogens with one attached hydrogen (secondary N) is 1. The molecule has 0 rings (SSSR count). The fourth-order valence-electron chi connectivity index (χ4n) is 1.07. The topological polar surface area (TPSA) is 55.1 Å². The third-order valence-electron chi connectivity index (χ3n) is 2.25. The van der Waals surface area contributed by atoms with Crippen molar-refractivity contribution in [2.75, 3.05) is 6.54 Å². The van der Waals surface area contributed by atoms with Gasteiger partial charge in [0.25, 0.3) is 0 Å². The molecule has 0 aromatic carbocycles. The van der Waals surface area contributed by atoms with Crippen LogP contribution in [0.15, 0.2) is 11.3 Å². The van der Waals surface area contributed by atoms with Crippen LogP contribution in [-0.4, -0.2) is 12.5 Å². The number of carbonyl (C=O) groups excluding carboxylic acids is 1. The predicted molar refractivity (Wildman–Crippen MR) is 59.7 cm³/mol. The zero-order chi connectivity index (χ0) is 11.0. The van der Waals surface area contributed by atoms with E-state index < -0.39 is 0 Å². The fourth-order valence-corrected chi connectivity index (χ4v) is 1.07. The highest BCUT2D eigenvalue weighted by atomic mass is 16.1.